The summed E-state index contributed by atoms with van der Waals surface area (Å²) in [7, 11) is -3.54. The largest absolute Gasteiger partial charge is 0.490 e. The predicted molar refractivity (Wildman–Crippen MR) is 291 cm³/mol. The van der Waals surface area contributed by atoms with E-state index in [1.54, 1.807) is 14.1 Å². The van der Waals surface area contributed by atoms with Crippen molar-refractivity contribution in [3.63, 3.8) is 0 Å². The zero-order valence-corrected chi connectivity index (χ0v) is 45.4. The minimum absolute atomic E-state index is 0. The highest BCUT2D eigenvalue weighted by molar-refractivity contribution is 7.92. The molecule has 4 aromatic rings. The van der Waals surface area contributed by atoms with E-state index in [-0.39, 0.29) is 78.4 Å². The van der Waals surface area contributed by atoms with E-state index in [1.165, 1.54) is 57.9 Å². The van der Waals surface area contributed by atoms with Gasteiger partial charge in [-0.2, -0.15) is 0 Å². The summed E-state index contributed by atoms with van der Waals surface area (Å²) in [6, 6.07) is 32.4. The molecule has 2 unspecified atom stereocenters. The molecule has 2 heterocycles. The molecule has 6 N–H and O–H groups in total. The molecule has 0 bridgehead atoms. The van der Waals surface area contributed by atoms with Crippen LogP contribution in [0, 0.1) is 0 Å². The van der Waals surface area contributed by atoms with Gasteiger partial charge in [-0.25, -0.2) is 26.9 Å². The number of anilines is 2. The number of piperidine rings is 2. The van der Waals surface area contributed by atoms with Gasteiger partial charge < -0.3 is 14.9 Å². The smallest absolute Gasteiger partial charge is 0.231 e. The quantitative estimate of drug-likeness (QED) is 0.116. The number of sulfonamides is 2. The van der Waals surface area contributed by atoms with Gasteiger partial charge in [0, 0.05) is 27.2 Å². The summed E-state index contributed by atoms with van der Waals surface area (Å²) < 4.78 is 64.4. The molecule has 2 saturated carbocycles. The highest BCUT2D eigenvalue weighted by atomic mass is 35.5. The molecule has 69 heavy (non-hydrogen) atoms. The van der Waals surface area contributed by atoms with Gasteiger partial charge >= 0.3 is 0 Å². The maximum Gasteiger partial charge on any atom is 0.231 e. The lowest BCUT2D eigenvalue weighted by molar-refractivity contribution is 0.0416. The van der Waals surface area contributed by atoms with E-state index in [0.717, 1.165) is 99.9 Å². The molecule has 0 spiro atoms. The summed E-state index contributed by atoms with van der Waals surface area (Å²) in [6.45, 7) is 1.66. The van der Waals surface area contributed by atoms with Crippen LogP contribution >= 0.6 is 49.6 Å². The molecule has 2 saturated heterocycles. The van der Waals surface area contributed by atoms with E-state index in [4.69, 9.17) is 21.2 Å². The Morgan fingerprint density at radius 2 is 0.870 bits per heavy atom. The van der Waals surface area contributed by atoms with Crippen LogP contribution in [-0.4, -0.2) is 84.2 Å². The molecule has 2 aliphatic carbocycles. The van der Waals surface area contributed by atoms with Gasteiger partial charge in [-0.1, -0.05) is 60.7 Å². The number of ether oxygens (including phenoxy) is 2. The van der Waals surface area contributed by atoms with Crippen molar-refractivity contribution in [1.29, 1.82) is 0 Å². The number of halogens is 4. The second-order valence-electron chi connectivity index (χ2n) is 18.5. The van der Waals surface area contributed by atoms with Crippen molar-refractivity contribution in [1.82, 2.24) is 10.0 Å². The summed E-state index contributed by atoms with van der Waals surface area (Å²) in [6.07, 6.45) is 19.5. The molecule has 388 valence electrons. The van der Waals surface area contributed by atoms with Crippen molar-refractivity contribution >= 4 is 81.0 Å². The topological polar surface area (TPSA) is 183 Å². The van der Waals surface area contributed by atoms with Crippen molar-refractivity contribution in [2.45, 2.75) is 126 Å². The SMILES string of the molecule is CN(c1ccc(OC2CCCC2)c(CC2(c3ccccc3)CCCCN2N)c1)S(C)(=O)=O.CN(c1ccc(OC2CCCC2)c(CC2(c3ccccc3)CCCCN2N)c1)S(C)(=O)=O.Cl.Cl.Cl.Cl.O. The Balaban J connectivity index is 0.000000441. The van der Waals surface area contributed by atoms with E-state index >= 15 is 0 Å². The van der Waals surface area contributed by atoms with Gasteiger partial charge in [0.25, 0.3) is 0 Å². The monoisotopic (exact) mass is 1080 g/mol. The molecule has 2 aliphatic heterocycles. The van der Waals surface area contributed by atoms with E-state index in [9.17, 15) is 16.8 Å². The molecular formula is C50H76Cl4N6O7S2. The Morgan fingerprint density at radius 1 is 0.536 bits per heavy atom. The molecule has 19 heteroatoms. The van der Waals surface area contributed by atoms with Crippen LogP contribution in [0.3, 0.4) is 0 Å². The molecule has 0 amide bonds. The van der Waals surface area contributed by atoms with Gasteiger partial charge in [-0.05, 0) is 161 Å². The fraction of sp³-hybridized carbons (Fsp3) is 0.520. The number of hydrogen-bond acceptors (Lipinski definition) is 10. The third-order valence-corrected chi connectivity index (χ3v) is 16.6. The van der Waals surface area contributed by atoms with Crippen molar-refractivity contribution in [2.24, 2.45) is 11.7 Å². The van der Waals surface area contributed by atoms with Crippen LogP contribution in [0.15, 0.2) is 97.1 Å². The first-order valence-electron chi connectivity index (χ1n) is 23.2. The van der Waals surface area contributed by atoms with Crippen LogP contribution in [-0.2, 0) is 44.0 Å². The summed E-state index contributed by atoms with van der Waals surface area (Å²) in [5.41, 5.74) is 4.97. The zero-order valence-electron chi connectivity index (χ0n) is 40.5. The second kappa shape index (κ2) is 27.1. The first-order chi connectivity index (χ1) is 30.6. The van der Waals surface area contributed by atoms with Gasteiger partial charge in [0.05, 0.1) is 47.2 Å². The van der Waals surface area contributed by atoms with Gasteiger partial charge in [-0.15, -0.1) is 49.6 Å². The normalized spacial score (nSPS) is 21.1. The van der Waals surface area contributed by atoms with Crippen molar-refractivity contribution in [3.8, 4) is 11.5 Å². The van der Waals surface area contributed by atoms with Crippen LogP contribution in [0.4, 0.5) is 11.4 Å². The lowest BCUT2D eigenvalue weighted by Gasteiger charge is -2.45. The maximum atomic E-state index is 12.2. The fourth-order valence-corrected chi connectivity index (χ4v) is 11.2. The van der Waals surface area contributed by atoms with E-state index in [0.29, 0.717) is 24.2 Å². The highest BCUT2D eigenvalue weighted by Gasteiger charge is 2.42. The van der Waals surface area contributed by atoms with Crippen LogP contribution in [0.1, 0.15) is 112 Å². The van der Waals surface area contributed by atoms with Gasteiger partial charge in [-0.3, -0.25) is 20.3 Å². The van der Waals surface area contributed by atoms with E-state index in [1.807, 2.05) is 58.5 Å². The Labute approximate surface area is 437 Å². The van der Waals surface area contributed by atoms with Crippen molar-refractivity contribution in [3.05, 3.63) is 119 Å². The summed E-state index contributed by atoms with van der Waals surface area (Å²) in [5, 5.41) is 3.97. The summed E-state index contributed by atoms with van der Waals surface area (Å²) >= 11 is 0. The third kappa shape index (κ3) is 15.0. The lowest BCUT2D eigenvalue weighted by Crippen LogP contribution is -2.54. The summed E-state index contributed by atoms with van der Waals surface area (Å²) in [5.74, 6) is 15.0. The molecule has 4 fully saturated rings. The van der Waals surface area contributed by atoms with Crippen molar-refractivity contribution in [2.75, 3.05) is 48.3 Å². The number of benzene rings is 4. The molecule has 4 aromatic carbocycles. The van der Waals surface area contributed by atoms with Crippen LogP contribution < -0.4 is 29.8 Å². The first-order valence-corrected chi connectivity index (χ1v) is 26.9. The Morgan fingerprint density at radius 3 is 1.17 bits per heavy atom. The Hall–Kier alpha value is -3.06. The summed E-state index contributed by atoms with van der Waals surface area (Å²) in [4.78, 5) is 0. The highest BCUT2D eigenvalue weighted by Crippen LogP contribution is 2.44. The third-order valence-electron chi connectivity index (χ3n) is 14.2. The number of nitrogens with zero attached hydrogens (tertiary/aromatic N) is 4. The first kappa shape index (κ1) is 62.1. The average molecular weight is 1080 g/mol. The number of hydrazine groups is 2. The molecule has 0 aromatic heterocycles. The number of nitrogens with two attached hydrogens (primary N) is 2. The molecule has 2 atom stereocenters. The van der Waals surface area contributed by atoms with E-state index in [2.05, 4.69) is 48.5 Å². The van der Waals surface area contributed by atoms with Crippen LogP contribution in [0.2, 0.25) is 0 Å². The predicted octanol–water partition coefficient (Wildman–Crippen LogP) is 9.27. The molecule has 13 nitrogen and oxygen atoms in total. The van der Waals surface area contributed by atoms with E-state index < -0.39 is 20.0 Å². The average Bonchev–Trinajstić information content (AvgIpc) is 4.01. The second-order valence-corrected chi connectivity index (χ2v) is 22.6. The molecule has 0 radical (unpaired) electrons. The molecule has 4 aliphatic rings. The molecule has 8 rings (SSSR count). The van der Waals surface area contributed by atoms with Gasteiger partial charge in [0.2, 0.25) is 20.0 Å². The van der Waals surface area contributed by atoms with Gasteiger partial charge in [0.15, 0.2) is 0 Å². The minimum atomic E-state index is -3.36. The molecular weight excluding hydrogens is 1000 g/mol. The minimum Gasteiger partial charge on any atom is -0.490 e. The standard InChI is InChI=1S/2C25H35N3O3S.4ClH.H2O/c2*1-27(32(2,29)30)22-14-15-24(31-23-12-6-7-13-23)20(18-22)19-25(16-8-9-17-28(25)26)21-10-4-3-5-11-21;;;;;/h2*3-5,10-11,14-15,18,23H,6-9,12-13,16-17,19,26H2,1-2H3;4*1H;1H2. The number of rotatable bonds is 14. The van der Waals surface area contributed by atoms with Crippen LogP contribution in [0.5, 0.6) is 11.5 Å². The van der Waals surface area contributed by atoms with Crippen LogP contribution in [0.25, 0.3) is 0 Å². The zero-order chi connectivity index (χ0) is 45.5. The van der Waals surface area contributed by atoms with Crippen molar-refractivity contribution < 1.29 is 31.8 Å². The Kier molecular flexibility index (Phi) is 24.4. The lowest BCUT2D eigenvalue weighted by atomic mass is 9.77. The number of hydrogen-bond donors (Lipinski definition) is 2. The fourth-order valence-electron chi connectivity index (χ4n) is 10.2. The maximum absolute atomic E-state index is 12.2. The van der Waals surface area contributed by atoms with Gasteiger partial charge in [0.1, 0.15) is 11.5 Å². The Bertz CT molecular complexity index is 2240.